The second-order valence-corrected chi connectivity index (χ2v) is 3.30. The van der Waals surface area contributed by atoms with Crippen LogP contribution in [0.4, 0.5) is 5.95 Å². The molecular weight excluding hydrogens is 186 g/mol. The quantitative estimate of drug-likeness (QED) is 0.660. The Morgan fingerprint density at radius 2 is 1.87 bits per heavy atom. The molecule has 0 N–H and O–H groups in total. The Bertz CT molecular complexity index is 306. The van der Waals surface area contributed by atoms with E-state index in [2.05, 4.69) is 27.9 Å². The lowest BCUT2D eigenvalue weighted by Crippen LogP contribution is -2.29. The van der Waals surface area contributed by atoms with Crippen molar-refractivity contribution in [2.75, 3.05) is 18.0 Å². The van der Waals surface area contributed by atoms with Crippen LogP contribution in [-0.2, 0) is 0 Å². The average molecular weight is 205 g/mol. The van der Waals surface area contributed by atoms with E-state index in [1.807, 2.05) is 19.9 Å². The summed E-state index contributed by atoms with van der Waals surface area (Å²) >= 11 is 0. The molecule has 3 nitrogen and oxygen atoms in total. The minimum atomic E-state index is 0.839. The maximum absolute atomic E-state index is 4.21. The lowest BCUT2D eigenvalue weighted by Gasteiger charge is -2.24. The van der Waals surface area contributed by atoms with Crippen LogP contribution in [0.15, 0.2) is 30.1 Å². The molecule has 1 aromatic rings. The first kappa shape index (κ1) is 11.7. The number of hydrogen-bond acceptors (Lipinski definition) is 3. The highest BCUT2D eigenvalue weighted by molar-refractivity contribution is 5.32. The first-order chi connectivity index (χ1) is 7.36. The van der Waals surface area contributed by atoms with Crippen LogP contribution in [0.25, 0.3) is 0 Å². The van der Waals surface area contributed by atoms with Crippen LogP contribution in [0.3, 0.4) is 0 Å². The van der Waals surface area contributed by atoms with Crippen LogP contribution in [0.2, 0.25) is 0 Å². The fourth-order valence-corrected chi connectivity index (χ4v) is 1.41. The van der Waals surface area contributed by atoms with Crippen molar-refractivity contribution in [2.24, 2.45) is 0 Å². The molecule has 2 rings (SSSR count). The highest BCUT2D eigenvalue weighted by Crippen LogP contribution is 2.13. The highest BCUT2D eigenvalue weighted by atomic mass is 15.2. The summed E-state index contributed by atoms with van der Waals surface area (Å²) in [6, 6.07) is 1.84. The van der Waals surface area contributed by atoms with E-state index in [1.165, 1.54) is 5.57 Å². The molecule has 0 atom stereocenters. The van der Waals surface area contributed by atoms with Gasteiger partial charge >= 0.3 is 0 Å². The Morgan fingerprint density at radius 3 is 2.40 bits per heavy atom. The van der Waals surface area contributed by atoms with Gasteiger partial charge in [0.15, 0.2) is 0 Å². The smallest absolute Gasteiger partial charge is 0.225 e. The van der Waals surface area contributed by atoms with Crippen molar-refractivity contribution in [1.29, 1.82) is 0 Å². The molecule has 15 heavy (non-hydrogen) atoms. The normalized spacial score (nSPS) is 15.1. The lowest BCUT2D eigenvalue weighted by atomic mass is 10.1. The van der Waals surface area contributed by atoms with Crippen LogP contribution in [-0.4, -0.2) is 23.1 Å². The number of hydrogen-bond donors (Lipinski definition) is 0. The van der Waals surface area contributed by atoms with E-state index in [4.69, 9.17) is 0 Å². The van der Waals surface area contributed by atoms with Crippen molar-refractivity contribution in [3.8, 4) is 0 Å². The minimum Gasteiger partial charge on any atom is -0.337 e. The summed E-state index contributed by atoms with van der Waals surface area (Å²) in [4.78, 5) is 10.6. The van der Waals surface area contributed by atoms with Crippen LogP contribution in [0.5, 0.6) is 0 Å². The lowest BCUT2D eigenvalue weighted by molar-refractivity contribution is 0.760. The summed E-state index contributed by atoms with van der Waals surface area (Å²) in [5, 5.41) is 0. The molecule has 1 aliphatic rings. The maximum atomic E-state index is 4.21. The van der Waals surface area contributed by atoms with Crippen molar-refractivity contribution < 1.29 is 0 Å². The molecule has 0 bridgehead atoms. The second-order valence-electron chi connectivity index (χ2n) is 3.30. The third-order valence-electron chi connectivity index (χ3n) is 2.27. The maximum Gasteiger partial charge on any atom is 0.225 e. The van der Waals surface area contributed by atoms with Gasteiger partial charge in [0.2, 0.25) is 5.95 Å². The van der Waals surface area contributed by atoms with Gasteiger partial charge in [0.25, 0.3) is 0 Å². The van der Waals surface area contributed by atoms with Crippen LogP contribution in [0, 0.1) is 0 Å². The summed E-state index contributed by atoms with van der Waals surface area (Å²) in [6.45, 7) is 8.14. The number of nitrogens with zero attached hydrogens (tertiary/aromatic N) is 3. The monoisotopic (exact) mass is 205 g/mol. The van der Waals surface area contributed by atoms with E-state index in [-0.39, 0.29) is 0 Å². The van der Waals surface area contributed by atoms with Crippen molar-refractivity contribution >= 4 is 5.95 Å². The Morgan fingerprint density at radius 1 is 1.20 bits per heavy atom. The Kier molecular flexibility index (Phi) is 4.81. The molecule has 0 spiro atoms. The molecule has 0 aliphatic carbocycles. The fourth-order valence-electron chi connectivity index (χ4n) is 1.41. The SMILES string of the molecule is CC.CC1=CCN(c2ncccn2)CC1. The van der Waals surface area contributed by atoms with Gasteiger partial charge in [-0.2, -0.15) is 0 Å². The standard InChI is InChI=1S/C10H13N3.C2H6/c1-9-3-7-13(8-4-9)10-11-5-2-6-12-10;1-2/h2-3,5-6H,4,7-8H2,1H3;1-2H3. The van der Waals surface area contributed by atoms with Gasteiger partial charge < -0.3 is 4.90 Å². The molecule has 0 saturated heterocycles. The zero-order chi connectivity index (χ0) is 11.1. The van der Waals surface area contributed by atoms with E-state index >= 15 is 0 Å². The summed E-state index contributed by atoms with van der Waals surface area (Å²) in [5.74, 6) is 0.839. The average Bonchev–Trinajstić information content (AvgIpc) is 2.34. The van der Waals surface area contributed by atoms with Gasteiger partial charge in [0.1, 0.15) is 0 Å². The molecule has 0 aromatic carbocycles. The first-order valence-corrected chi connectivity index (χ1v) is 5.54. The zero-order valence-corrected chi connectivity index (χ0v) is 9.77. The molecule has 2 heterocycles. The summed E-state index contributed by atoms with van der Waals surface area (Å²) in [6.07, 6.45) is 6.93. The molecule has 1 aromatic heterocycles. The third-order valence-corrected chi connectivity index (χ3v) is 2.27. The van der Waals surface area contributed by atoms with Gasteiger partial charge in [-0.25, -0.2) is 9.97 Å². The van der Waals surface area contributed by atoms with E-state index in [1.54, 1.807) is 12.4 Å². The fraction of sp³-hybridized carbons (Fsp3) is 0.500. The van der Waals surface area contributed by atoms with Crippen LogP contribution >= 0.6 is 0 Å². The predicted octanol–water partition coefficient (Wildman–Crippen LogP) is 2.66. The largest absolute Gasteiger partial charge is 0.337 e. The summed E-state index contributed by atoms with van der Waals surface area (Å²) in [5.41, 5.74) is 1.46. The van der Waals surface area contributed by atoms with Gasteiger partial charge in [-0.05, 0) is 19.4 Å². The minimum absolute atomic E-state index is 0.839. The van der Waals surface area contributed by atoms with E-state index in [9.17, 15) is 0 Å². The van der Waals surface area contributed by atoms with E-state index < -0.39 is 0 Å². The van der Waals surface area contributed by atoms with E-state index in [0.717, 1.165) is 25.5 Å². The van der Waals surface area contributed by atoms with Gasteiger partial charge in [0.05, 0.1) is 0 Å². The molecule has 82 valence electrons. The molecule has 0 amide bonds. The molecule has 0 saturated carbocycles. The summed E-state index contributed by atoms with van der Waals surface area (Å²) in [7, 11) is 0. The molecular formula is C12H19N3. The first-order valence-electron chi connectivity index (χ1n) is 5.54. The van der Waals surface area contributed by atoms with Crippen LogP contribution in [0.1, 0.15) is 27.2 Å². The van der Waals surface area contributed by atoms with Crippen molar-refractivity contribution in [3.63, 3.8) is 0 Å². The molecule has 0 fully saturated rings. The van der Waals surface area contributed by atoms with Crippen molar-refractivity contribution in [1.82, 2.24) is 9.97 Å². The van der Waals surface area contributed by atoms with Gasteiger partial charge in [-0.15, -0.1) is 0 Å². The number of anilines is 1. The van der Waals surface area contributed by atoms with Crippen molar-refractivity contribution in [3.05, 3.63) is 30.1 Å². The Hall–Kier alpha value is -1.38. The van der Waals surface area contributed by atoms with Gasteiger partial charge in [0, 0.05) is 25.5 Å². The number of rotatable bonds is 1. The predicted molar refractivity (Wildman–Crippen MR) is 64.0 cm³/mol. The Labute approximate surface area is 91.9 Å². The van der Waals surface area contributed by atoms with Gasteiger partial charge in [-0.1, -0.05) is 25.5 Å². The topological polar surface area (TPSA) is 29.0 Å². The van der Waals surface area contributed by atoms with Crippen molar-refractivity contribution in [2.45, 2.75) is 27.2 Å². The summed E-state index contributed by atoms with van der Waals surface area (Å²) < 4.78 is 0. The Balaban J connectivity index is 0.000000531. The molecule has 0 radical (unpaired) electrons. The number of aromatic nitrogens is 2. The zero-order valence-electron chi connectivity index (χ0n) is 9.77. The molecule has 0 unspecified atom stereocenters. The second kappa shape index (κ2) is 6.17. The highest BCUT2D eigenvalue weighted by Gasteiger charge is 2.10. The molecule has 3 heteroatoms. The third kappa shape index (κ3) is 3.35. The molecule has 1 aliphatic heterocycles. The van der Waals surface area contributed by atoms with Gasteiger partial charge in [-0.3, -0.25) is 0 Å². The van der Waals surface area contributed by atoms with Crippen LogP contribution < -0.4 is 4.90 Å². The van der Waals surface area contributed by atoms with E-state index in [0.29, 0.717) is 0 Å².